The first kappa shape index (κ1) is 18.2. The second kappa shape index (κ2) is 8.17. The second-order valence-electron chi connectivity index (χ2n) is 6.99. The van der Waals surface area contributed by atoms with E-state index in [1.807, 2.05) is 73.5 Å². The molecule has 1 aliphatic rings. The highest BCUT2D eigenvalue weighted by Gasteiger charge is 2.29. The van der Waals surface area contributed by atoms with Gasteiger partial charge in [0, 0.05) is 31.7 Å². The molecule has 0 atom stereocenters. The van der Waals surface area contributed by atoms with Crippen molar-refractivity contribution >= 4 is 17.5 Å². The van der Waals surface area contributed by atoms with Crippen molar-refractivity contribution < 1.29 is 9.59 Å². The number of piperidine rings is 1. The van der Waals surface area contributed by atoms with Crippen LogP contribution in [0.5, 0.6) is 0 Å². The minimum Gasteiger partial charge on any atom is -0.342 e. The Balaban J connectivity index is 1.54. The van der Waals surface area contributed by atoms with Gasteiger partial charge in [-0.1, -0.05) is 42.5 Å². The molecule has 2 aromatic rings. The molecule has 0 bridgehead atoms. The Hall–Kier alpha value is -2.62. The number of carbonyl (C=O) groups excluding carboxylic acids is 2. The topological polar surface area (TPSA) is 40.6 Å². The summed E-state index contributed by atoms with van der Waals surface area (Å²) in [6, 6.07) is 17.7. The molecule has 0 aromatic heterocycles. The molecular formula is C22H26N2O2. The van der Waals surface area contributed by atoms with Crippen LogP contribution in [0, 0.1) is 12.8 Å². The predicted molar refractivity (Wildman–Crippen MR) is 104 cm³/mol. The van der Waals surface area contributed by atoms with Crippen molar-refractivity contribution in [3.05, 3.63) is 65.7 Å². The van der Waals surface area contributed by atoms with E-state index in [9.17, 15) is 9.59 Å². The van der Waals surface area contributed by atoms with E-state index in [0.717, 1.165) is 29.7 Å². The number of benzene rings is 2. The zero-order chi connectivity index (χ0) is 18.5. The molecule has 0 N–H and O–H groups in total. The van der Waals surface area contributed by atoms with Gasteiger partial charge in [0.25, 0.3) is 0 Å². The van der Waals surface area contributed by atoms with Crippen LogP contribution in [0.1, 0.15) is 24.0 Å². The zero-order valence-corrected chi connectivity index (χ0v) is 15.5. The Bertz CT molecular complexity index is 765. The number of carbonyl (C=O) groups is 2. The molecule has 2 aromatic carbocycles. The Morgan fingerprint density at radius 1 is 1.00 bits per heavy atom. The van der Waals surface area contributed by atoms with Gasteiger partial charge in [-0.25, -0.2) is 0 Å². The van der Waals surface area contributed by atoms with Crippen molar-refractivity contribution in [3.8, 4) is 0 Å². The maximum absolute atomic E-state index is 12.7. The summed E-state index contributed by atoms with van der Waals surface area (Å²) in [5.41, 5.74) is 3.14. The van der Waals surface area contributed by atoms with Crippen LogP contribution in [-0.4, -0.2) is 36.9 Å². The fourth-order valence-electron chi connectivity index (χ4n) is 3.51. The third-order valence-electron chi connectivity index (χ3n) is 5.27. The quantitative estimate of drug-likeness (QED) is 0.847. The predicted octanol–water partition coefficient (Wildman–Crippen LogP) is 3.44. The summed E-state index contributed by atoms with van der Waals surface area (Å²) in [5.74, 6) is 0.284. The lowest BCUT2D eigenvalue weighted by molar-refractivity contribution is -0.134. The summed E-state index contributed by atoms with van der Waals surface area (Å²) in [5, 5.41) is 0. The smallest absolute Gasteiger partial charge is 0.229 e. The minimum atomic E-state index is -0.0114. The lowest BCUT2D eigenvalue weighted by Crippen LogP contribution is -2.44. The van der Waals surface area contributed by atoms with Gasteiger partial charge in [0.05, 0.1) is 6.42 Å². The lowest BCUT2D eigenvalue weighted by Gasteiger charge is -2.33. The highest BCUT2D eigenvalue weighted by Crippen LogP contribution is 2.23. The number of anilines is 1. The van der Waals surface area contributed by atoms with Gasteiger partial charge in [0.1, 0.15) is 0 Å². The normalized spacial score (nSPS) is 14.9. The van der Waals surface area contributed by atoms with E-state index in [2.05, 4.69) is 0 Å². The average Bonchev–Trinajstić information content (AvgIpc) is 2.69. The molecule has 1 saturated heterocycles. The van der Waals surface area contributed by atoms with Crippen molar-refractivity contribution in [3.63, 3.8) is 0 Å². The van der Waals surface area contributed by atoms with Crippen LogP contribution in [0.2, 0.25) is 0 Å². The van der Waals surface area contributed by atoms with Gasteiger partial charge in [-0.3, -0.25) is 9.59 Å². The first-order valence-corrected chi connectivity index (χ1v) is 9.21. The molecule has 26 heavy (non-hydrogen) atoms. The first-order valence-electron chi connectivity index (χ1n) is 9.21. The van der Waals surface area contributed by atoms with E-state index < -0.39 is 0 Å². The number of hydrogen-bond acceptors (Lipinski definition) is 2. The van der Waals surface area contributed by atoms with Crippen LogP contribution in [0.25, 0.3) is 0 Å². The van der Waals surface area contributed by atoms with Gasteiger partial charge in [0.2, 0.25) is 11.8 Å². The monoisotopic (exact) mass is 350 g/mol. The fraction of sp³-hybridized carbons (Fsp3) is 0.364. The van der Waals surface area contributed by atoms with E-state index in [1.54, 1.807) is 4.90 Å². The molecule has 1 fully saturated rings. The molecule has 136 valence electrons. The molecule has 1 aliphatic heterocycles. The van der Waals surface area contributed by atoms with Crippen LogP contribution in [0.15, 0.2) is 54.6 Å². The van der Waals surface area contributed by atoms with E-state index >= 15 is 0 Å². The molecule has 4 nitrogen and oxygen atoms in total. The number of hydrogen-bond donors (Lipinski definition) is 0. The Morgan fingerprint density at radius 3 is 2.27 bits per heavy atom. The summed E-state index contributed by atoms with van der Waals surface area (Å²) >= 11 is 0. The maximum atomic E-state index is 12.7. The van der Waals surface area contributed by atoms with Crippen LogP contribution < -0.4 is 4.90 Å². The van der Waals surface area contributed by atoms with E-state index in [-0.39, 0.29) is 17.7 Å². The van der Waals surface area contributed by atoms with Crippen molar-refractivity contribution in [2.24, 2.45) is 5.92 Å². The first-order chi connectivity index (χ1) is 12.6. The average molecular weight is 350 g/mol. The van der Waals surface area contributed by atoms with Crippen LogP contribution in [0.3, 0.4) is 0 Å². The van der Waals surface area contributed by atoms with Gasteiger partial charge in [0.15, 0.2) is 0 Å². The number of amides is 2. The number of rotatable bonds is 4. The molecule has 0 radical (unpaired) electrons. The van der Waals surface area contributed by atoms with Gasteiger partial charge >= 0.3 is 0 Å². The van der Waals surface area contributed by atoms with Crippen molar-refractivity contribution in [1.29, 1.82) is 0 Å². The van der Waals surface area contributed by atoms with E-state index in [0.29, 0.717) is 19.5 Å². The number of aryl methyl sites for hydroxylation is 1. The van der Waals surface area contributed by atoms with Crippen molar-refractivity contribution in [2.45, 2.75) is 26.2 Å². The maximum Gasteiger partial charge on any atom is 0.229 e. The molecule has 2 amide bonds. The van der Waals surface area contributed by atoms with E-state index in [1.165, 1.54) is 0 Å². The summed E-state index contributed by atoms with van der Waals surface area (Å²) in [4.78, 5) is 28.9. The summed E-state index contributed by atoms with van der Waals surface area (Å²) in [6.07, 6.45) is 1.90. The lowest BCUT2D eigenvalue weighted by atomic mass is 9.94. The largest absolute Gasteiger partial charge is 0.342 e. The number of likely N-dealkylation sites (tertiary alicyclic amines) is 1. The third-order valence-corrected chi connectivity index (χ3v) is 5.27. The molecule has 3 rings (SSSR count). The molecule has 0 saturated carbocycles. The summed E-state index contributed by atoms with van der Waals surface area (Å²) in [6.45, 7) is 3.35. The van der Waals surface area contributed by atoms with E-state index in [4.69, 9.17) is 0 Å². The molecule has 0 spiro atoms. The Labute approximate surface area is 155 Å². The fourth-order valence-corrected chi connectivity index (χ4v) is 3.51. The van der Waals surface area contributed by atoms with Crippen molar-refractivity contribution in [1.82, 2.24) is 4.90 Å². The Morgan fingerprint density at radius 2 is 1.62 bits per heavy atom. The van der Waals surface area contributed by atoms with Gasteiger partial charge in [-0.2, -0.15) is 0 Å². The Kier molecular flexibility index (Phi) is 5.71. The van der Waals surface area contributed by atoms with Gasteiger partial charge < -0.3 is 9.80 Å². The van der Waals surface area contributed by atoms with Crippen molar-refractivity contribution in [2.75, 3.05) is 25.0 Å². The van der Waals surface area contributed by atoms with Gasteiger partial charge in [-0.05, 0) is 43.0 Å². The standard InChI is InChI=1S/C22H26N2O2/c1-17-8-6-7-9-19(17)16-21(25)24-14-12-18(13-15-24)22(26)23(2)20-10-4-3-5-11-20/h3-11,18H,12-16H2,1-2H3. The van der Waals surface area contributed by atoms with Crippen LogP contribution in [-0.2, 0) is 16.0 Å². The molecule has 1 heterocycles. The highest BCUT2D eigenvalue weighted by molar-refractivity contribution is 5.94. The number of para-hydroxylation sites is 1. The van der Waals surface area contributed by atoms with Crippen LogP contribution >= 0.6 is 0 Å². The SMILES string of the molecule is Cc1ccccc1CC(=O)N1CCC(C(=O)N(C)c2ccccc2)CC1. The molecular weight excluding hydrogens is 324 g/mol. The third kappa shape index (κ3) is 4.13. The zero-order valence-electron chi connectivity index (χ0n) is 15.5. The molecule has 0 unspecified atom stereocenters. The highest BCUT2D eigenvalue weighted by atomic mass is 16.2. The minimum absolute atomic E-state index is 0.0114. The molecule has 4 heteroatoms. The number of nitrogens with zero attached hydrogens (tertiary/aromatic N) is 2. The summed E-state index contributed by atoms with van der Waals surface area (Å²) < 4.78 is 0. The van der Waals surface area contributed by atoms with Crippen LogP contribution in [0.4, 0.5) is 5.69 Å². The second-order valence-corrected chi connectivity index (χ2v) is 6.99. The van der Waals surface area contributed by atoms with Gasteiger partial charge in [-0.15, -0.1) is 0 Å². The summed E-state index contributed by atoms with van der Waals surface area (Å²) in [7, 11) is 1.83. The molecule has 0 aliphatic carbocycles.